The van der Waals surface area contributed by atoms with Crippen LogP contribution in [-0.4, -0.2) is 45.1 Å². The van der Waals surface area contributed by atoms with E-state index in [2.05, 4.69) is 0 Å². The van der Waals surface area contributed by atoms with Crippen molar-refractivity contribution in [1.82, 2.24) is 0 Å². The Balaban J connectivity index is 1.98. The van der Waals surface area contributed by atoms with Crippen molar-refractivity contribution in [2.24, 2.45) is 0 Å². The van der Waals surface area contributed by atoms with Crippen LogP contribution in [0.15, 0.2) is 91.0 Å². The number of halogens is 12. The van der Waals surface area contributed by atoms with E-state index in [1.165, 1.54) is 30.3 Å². The highest BCUT2D eigenvalue weighted by molar-refractivity contribution is 5.62. The van der Waals surface area contributed by atoms with Crippen molar-refractivity contribution in [3.8, 4) is 23.0 Å². The number of alkyl halides is 12. The third-order valence-electron chi connectivity index (χ3n) is 10.2. The van der Waals surface area contributed by atoms with Gasteiger partial charge in [-0.2, -0.15) is 52.7 Å². The number of aromatic hydroxyl groups is 4. The van der Waals surface area contributed by atoms with Crippen LogP contribution in [0.25, 0.3) is 0 Å². The summed E-state index contributed by atoms with van der Waals surface area (Å²) in [6, 6.07) is 10.8. The van der Waals surface area contributed by atoms with Gasteiger partial charge in [-0.05, 0) is 102 Å². The SMILES string of the molecule is Cc1cc(C(c2cc(C)c(O)c(C(c3ccccc3)c3cc(C(c4ccc(O)c(C)c4)(C(F)(F)F)C(F)(F)F)cc(C)c3O)c2)(C(F)(F)F)C(F)(F)F)ccc1O. The summed E-state index contributed by atoms with van der Waals surface area (Å²) in [5.41, 5.74) is -19.5. The van der Waals surface area contributed by atoms with E-state index in [4.69, 9.17) is 0 Å². The van der Waals surface area contributed by atoms with Crippen LogP contribution in [0, 0.1) is 27.7 Å². The smallest absolute Gasteiger partial charge is 0.411 e. The van der Waals surface area contributed by atoms with Gasteiger partial charge in [-0.1, -0.05) is 66.7 Å². The molecular formula is C41H32F12O4. The lowest BCUT2D eigenvalue weighted by Crippen LogP contribution is -2.55. The quantitative estimate of drug-likeness (QED) is 0.0974. The number of hydrogen-bond donors (Lipinski definition) is 4. The van der Waals surface area contributed by atoms with Crippen molar-refractivity contribution in [2.45, 2.75) is 69.1 Å². The molecule has 0 aliphatic carbocycles. The van der Waals surface area contributed by atoms with Gasteiger partial charge >= 0.3 is 24.7 Å². The van der Waals surface area contributed by atoms with Gasteiger partial charge in [0.05, 0.1) is 0 Å². The van der Waals surface area contributed by atoms with Crippen LogP contribution < -0.4 is 0 Å². The molecule has 0 heterocycles. The standard InChI is InChI=1S/C41H32F12O4/c1-20-14-25(10-12-31(20)54)36(38(42,43)44,39(45,46)47)27-16-22(3)34(56)29(18-27)33(24-8-6-5-7-9-24)30-19-28(17-23(4)35(30)57)37(40(48,49)50,41(51,52)53)26-11-13-32(55)21(2)15-26/h5-19,33,54-57H,1-4H3. The first kappa shape index (κ1) is 42.6. The van der Waals surface area contributed by atoms with E-state index in [0.29, 0.717) is 60.7 Å². The van der Waals surface area contributed by atoms with E-state index < -0.39 is 109 Å². The van der Waals surface area contributed by atoms with E-state index in [0.717, 1.165) is 27.7 Å². The van der Waals surface area contributed by atoms with E-state index in [9.17, 15) is 20.4 Å². The van der Waals surface area contributed by atoms with Gasteiger partial charge in [-0.3, -0.25) is 0 Å². The highest BCUT2D eigenvalue weighted by Gasteiger charge is 2.74. The van der Waals surface area contributed by atoms with E-state index in [-0.39, 0.29) is 16.7 Å². The van der Waals surface area contributed by atoms with Crippen LogP contribution in [0.1, 0.15) is 67.1 Å². The predicted octanol–water partition coefficient (Wildman–Crippen LogP) is 11.7. The predicted molar refractivity (Wildman–Crippen MR) is 185 cm³/mol. The third-order valence-corrected chi connectivity index (χ3v) is 10.2. The molecule has 4 N–H and O–H groups in total. The monoisotopic (exact) mass is 816 g/mol. The molecule has 0 bridgehead atoms. The Bertz CT molecular complexity index is 2140. The highest BCUT2D eigenvalue weighted by Crippen LogP contribution is 2.60. The molecule has 0 atom stereocenters. The highest BCUT2D eigenvalue weighted by atomic mass is 19.4. The summed E-state index contributed by atoms with van der Waals surface area (Å²) < 4.78 is 184. The molecule has 304 valence electrons. The summed E-state index contributed by atoms with van der Waals surface area (Å²) >= 11 is 0. The van der Waals surface area contributed by atoms with Crippen molar-refractivity contribution >= 4 is 0 Å². The molecule has 0 radical (unpaired) electrons. The Morgan fingerprint density at radius 2 is 0.702 bits per heavy atom. The zero-order valence-electron chi connectivity index (χ0n) is 30.1. The zero-order chi connectivity index (χ0) is 42.8. The summed E-state index contributed by atoms with van der Waals surface area (Å²) in [6.07, 6.45) is -24.8. The summed E-state index contributed by atoms with van der Waals surface area (Å²) in [7, 11) is 0. The van der Waals surface area contributed by atoms with Crippen LogP contribution in [0.2, 0.25) is 0 Å². The van der Waals surface area contributed by atoms with E-state index >= 15 is 52.7 Å². The molecule has 0 aliphatic rings. The number of aryl methyl sites for hydroxylation is 4. The van der Waals surface area contributed by atoms with E-state index in [1.807, 2.05) is 0 Å². The van der Waals surface area contributed by atoms with Crippen molar-refractivity contribution in [2.75, 3.05) is 0 Å². The largest absolute Gasteiger partial charge is 0.508 e. The molecule has 0 amide bonds. The first-order valence-corrected chi connectivity index (χ1v) is 16.7. The summed E-state index contributed by atoms with van der Waals surface area (Å²) in [6.45, 7) is 3.98. The summed E-state index contributed by atoms with van der Waals surface area (Å²) in [5, 5.41) is 42.9. The first-order chi connectivity index (χ1) is 26.1. The van der Waals surface area contributed by atoms with Crippen LogP contribution >= 0.6 is 0 Å². The number of rotatable bonds is 7. The molecule has 5 aromatic rings. The lowest BCUT2D eigenvalue weighted by Gasteiger charge is -2.40. The number of benzene rings is 5. The molecular weight excluding hydrogens is 784 g/mol. The van der Waals surface area contributed by atoms with E-state index in [1.54, 1.807) is 0 Å². The fourth-order valence-corrected chi connectivity index (χ4v) is 7.40. The topological polar surface area (TPSA) is 80.9 Å². The molecule has 16 heteroatoms. The fraction of sp³-hybridized carbons (Fsp3) is 0.268. The van der Waals surface area contributed by atoms with Crippen LogP contribution in [0.4, 0.5) is 52.7 Å². The first-order valence-electron chi connectivity index (χ1n) is 16.7. The lowest BCUT2D eigenvalue weighted by molar-refractivity contribution is -0.290. The van der Waals surface area contributed by atoms with Gasteiger partial charge < -0.3 is 20.4 Å². The molecule has 0 fully saturated rings. The fourth-order valence-electron chi connectivity index (χ4n) is 7.40. The van der Waals surface area contributed by atoms with Gasteiger partial charge in [-0.25, -0.2) is 0 Å². The Hall–Kier alpha value is -5.54. The minimum absolute atomic E-state index is 0.175. The maximum atomic E-state index is 15.3. The Labute approximate surface area is 317 Å². The van der Waals surface area contributed by atoms with Gasteiger partial charge in [0, 0.05) is 17.0 Å². The van der Waals surface area contributed by atoms with Crippen LogP contribution in [0.3, 0.4) is 0 Å². The molecule has 0 saturated carbocycles. The minimum Gasteiger partial charge on any atom is -0.508 e. The molecule has 0 aromatic heterocycles. The summed E-state index contributed by atoms with van der Waals surface area (Å²) in [5.74, 6) is -5.24. The van der Waals surface area contributed by atoms with Crippen molar-refractivity contribution in [1.29, 1.82) is 0 Å². The molecule has 0 saturated heterocycles. The van der Waals surface area contributed by atoms with Crippen molar-refractivity contribution < 1.29 is 73.1 Å². The molecule has 0 unspecified atom stereocenters. The molecule has 4 nitrogen and oxygen atoms in total. The van der Waals surface area contributed by atoms with Crippen molar-refractivity contribution in [3.05, 3.63) is 152 Å². The molecule has 0 aliphatic heterocycles. The van der Waals surface area contributed by atoms with Crippen molar-refractivity contribution in [3.63, 3.8) is 0 Å². The van der Waals surface area contributed by atoms with Gasteiger partial charge in [0.2, 0.25) is 10.8 Å². The normalized spacial score (nSPS) is 13.4. The maximum Gasteiger partial charge on any atom is 0.411 e. The molecule has 5 aromatic carbocycles. The number of hydrogen-bond acceptors (Lipinski definition) is 4. The second kappa shape index (κ2) is 14.1. The average Bonchev–Trinajstić information content (AvgIpc) is 3.07. The lowest BCUT2D eigenvalue weighted by atomic mass is 9.69. The zero-order valence-corrected chi connectivity index (χ0v) is 30.1. The third kappa shape index (κ3) is 6.75. The van der Waals surface area contributed by atoms with Gasteiger partial charge in [0.25, 0.3) is 0 Å². The van der Waals surface area contributed by atoms with Gasteiger partial charge in [-0.15, -0.1) is 0 Å². The molecule has 5 rings (SSSR count). The van der Waals surface area contributed by atoms with Crippen LogP contribution in [-0.2, 0) is 10.8 Å². The number of phenols is 4. The number of phenolic OH excluding ortho intramolecular Hbond substituents is 4. The van der Waals surface area contributed by atoms with Gasteiger partial charge in [0.1, 0.15) is 23.0 Å². The Morgan fingerprint density at radius 1 is 0.386 bits per heavy atom. The minimum atomic E-state index is -6.20. The maximum absolute atomic E-state index is 15.3. The Kier molecular flexibility index (Phi) is 10.6. The van der Waals surface area contributed by atoms with Crippen LogP contribution in [0.5, 0.6) is 23.0 Å². The second-order valence-electron chi connectivity index (χ2n) is 13.8. The Morgan fingerprint density at radius 3 is 1.00 bits per heavy atom. The average molecular weight is 817 g/mol. The molecule has 0 spiro atoms. The molecule has 57 heavy (non-hydrogen) atoms. The van der Waals surface area contributed by atoms with Gasteiger partial charge in [0.15, 0.2) is 0 Å². The summed E-state index contributed by atoms with van der Waals surface area (Å²) in [4.78, 5) is 0. The second-order valence-corrected chi connectivity index (χ2v) is 13.8.